The van der Waals surface area contributed by atoms with Gasteiger partial charge in [-0.3, -0.25) is 0 Å². The Labute approximate surface area is 90.2 Å². The van der Waals surface area contributed by atoms with Gasteiger partial charge < -0.3 is 15.3 Å². The molecule has 0 aliphatic rings. The predicted octanol–water partition coefficient (Wildman–Crippen LogP) is 2.02. The van der Waals surface area contributed by atoms with Crippen molar-refractivity contribution in [2.75, 3.05) is 7.11 Å². The van der Waals surface area contributed by atoms with Gasteiger partial charge in [-0.25, -0.2) is 0 Å². The third kappa shape index (κ3) is 2.57. The van der Waals surface area contributed by atoms with Gasteiger partial charge in [0, 0.05) is 5.56 Å². The Bertz CT molecular complexity index is 347. The van der Waals surface area contributed by atoms with Gasteiger partial charge in [-0.1, -0.05) is 19.9 Å². The van der Waals surface area contributed by atoms with Gasteiger partial charge >= 0.3 is 0 Å². The number of carbonyl (C=O) groups excluding carboxylic acids is 1. The number of hydrogen-bond donors (Lipinski definition) is 1. The van der Waals surface area contributed by atoms with E-state index in [-0.39, 0.29) is 0 Å². The smallest absolute Gasteiger partial charge is 0.141 e. The van der Waals surface area contributed by atoms with Crippen LogP contribution in [-0.4, -0.2) is 13.4 Å². The Hall–Kier alpha value is -1.35. The lowest BCUT2D eigenvalue weighted by Gasteiger charge is -2.14. The van der Waals surface area contributed by atoms with Crippen molar-refractivity contribution in [1.82, 2.24) is 0 Å². The van der Waals surface area contributed by atoms with Crippen molar-refractivity contribution in [3.05, 3.63) is 29.3 Å². The van der Waals surface area contributed by atoms with Crippen LogP contribution in [0.4, 0.5) is 0 Å². The summed E-state index contributed by atoms with van der Waals surface area (Å²) in [6, 6.07) is 5.17. The van der Waals surface area contributed by atoms with Crippen LogP contribution in [0.15, 0.2) is 18.2 Å². The average Bonchev–Trinajstić information content (AvgIpc) is 2.27. The number of hydrogen-bond acceptors (Lipinski definition) is 3. The lowest BCUT2D eigenvalue weighted by Crippen LogP contribution is -2.13. The summed E-state index contributed by atoms with van der Waals surface area (Å²) in [6.45, 7) is 4.19. The van der Waals surface area contributed by atoms with E-state index in [1.54, 1.807) is 7.11 Å². The predicted molar refractivity (Wildman–Crippen MR) is 60.1 cm³/mol. The Morgan fingerprint density at radius 2 is 2.07 bits per heavy atom. The van der Waals surface area contributed by atoms with Crippen LogP contribution in [0.3, 0.4) is 0 Å². The zero-order valence-corrected chi connectivity index (χ0v) is 9.36. The standard InChI is InChI=1S/C12H17NO2/c1-8(2)9-4-5-12(15-3)10(6-9)11(13)7-14/h4-8,11H,13H2,1-3H3. The summed E-state index contributed by atoms with van der Waals surface area (Å²) in [5.41, 5.74) is 7.60. The minimum absolute atomic E-state index is 0.411. The number of methoxy groups -OCH3 is 1. The van der Waals surface area contributed by atoms with Gasteiger partial charge in [0.2, 0.25) is 0 Å². The molecule has 1 aromatic carbocycles. The Morgan fingerprint density at radius 1 is 1.40 bits per heavy atom. The molecule has 15 heavy (non-hydrogen) atoms. The molecule has 1 unspecified atom stereocenters. The van der Waals surface area contributed by atoms with Crippen LogP contribution in [0.1, 0.15) is 36.9 Å². The molecule has 0 aliphatic heterocycles. The van der Waals surface area contributed by atoms with E-state index in [0.29, 0.717) is 11.7 Å². The highest BCUT2D eigenvalue weighted by molar-refractivity contribution is 5.63. The van der Waals surface area contributed by atoms with Crippen molar-refractivity contribution in [1.29, 1.82) is 0 Å². The molecule has 2 N–H and O–H groups in total. The van der Waals surface area contributed by atoms with Crippen molar-refractivity contribution in [2.24, 2.45) is 5.73 Å². The van der Waals surface area contributed by atoms with Crippen molar-refractivity contribution in [3.63, 3.8) is 0 Å². The van der Waals surface area contributed by atoms with E-state index < -0.39 is 6.04 Å². The van der Waals surface area contributed by atoms with Crippen molar-refractivity contribution < 1.29 is 9.53 Å². The average molecular weight is 207 g/mol. The van der Waals surface area contributed by atoms with Crippen LogP contribution in [0.5, 0.6) is 5.75 Å². The molecule has 0 bridgehead atoms. The second-order valence-electron chi connectivity index (χ2n) is 3.82. The second kappa shape index (κ2) is 4.94. The molecule has 0 aromatic heterocycles. The summed E-state index contributed by atoms with van der Waals surface area (Å²) in [5, 5.41) is 0. The molecule has 82 valence electrons. The SMILES string of the molecule is COc1ccc(C(C)C)cc1C(N)C=O. The molecule has 0 amide bonds. The highest BCUT2D eigenvalue weighted by Crippen LogP contribution is 2.27. The van der Waals surface area contributed by atoms with E-state index in [2.05, 4.69) is 13.8 Å². The van der Waals surface area contributed by atoms with Crippen LogP contribution < -0.4 is 10.5 Å². The maximum Gasteiger partial charge on any atom is 0.141 e. The van der Waals surface area contributed by atoms with Gasteiger partial charge in [-0.05, 0) is 23.6 Å². The summed E-state index contributed by atoms with van der Waals surface area (Å²) < 4.78 is 5.16. The van der Waals surface area contributed by atoms with E-state index in [0.717, 1.165) is 17.4 Å². The lowest BCUT2D eigenvalue weighted by molar-refractivity contribution is -0.109. The van der Waals surface area contributed by atoms with E-state index in [4.69, 9.17) is 10.5 Å². The van der Waals surface area contributed by atoms with E-state index in [1.807, 2.05) is 18.2 Å². The fourth-order valence-electron chi connectivity index (χ4n) is 1.45. The van der Waals surface area contributed by atoms with E-state index >= 15 is 0 Å². The summed E-state index contributed by atoms with van der Waals surface area (Å²) in [4.78, 5) is 10.7. The van der Waals surface area contributed by atoms with Crippen LogP contribution in [0, 0.1) is 0 Å². The molecule has 3 nitrogen and oxygen atoms in total. The third-order valence-electron chi connectivity index (χ3n) is 2.43. The molecule has 0 saturated heterocycles. The van der Waals surface area contributed by atoms with Crippen LogP contribution in [-0.2, 0) is 4.79 Å². The van der Waals surface area contributed by atoms with Crippen molar-refractivity contribution >= 4 is 6.29 Å². The molecule has 0 spiro atoms. The number of rotatable bonds is 4. The molecule has 1 atom stereocenters. The van der Waals surface area contributed by atoms with Crippen LogP contribution >= 0.6 is 0 Å². The first-order chi connectivity index (χ1) is 7.10. The van der Waals surface area contributed by atoms with Crippen molar-refractivity contribution in [2.45, 2.75) is 25.8 Å². The molecule has 0 aliphatic carbocycles. The first-order valence-electron chi connectivity index (χ1n) is 4.98. The van der Waals surface area contributed by atoms with Crippen LogP contribution in [0.2, 0.25) is 0 Å². The van der Waals surface area contributed by atoms with Gasteiger partial charge in [0.05, 0.1) is 13.2 Å². The minimum atomic E-state index is -0.612. The zero-order chi connectivity index (χ0) is 11.4. The first kappa shape index (κ1) is 11.7. The highest BCUT2D eigenvalue weighted by atomic mass is 16.5. The van der Waals surface area contributed by atoms with Crippen LogP contribution in [0.25, 0.3) is 0 Å². The van der Waals surface area contributed by atoms with Gasteiger partial charge in [0.25, 0.3) is 0 Å². The maximum absolute atomic E-state index is 10.7. The Morgan fingerprint density at radius 3 is 2.53 bits per heavy atom. The maximum atomic E-state index is 10.7. The monoisotopic (exact) mass is 207 g/mol. The summed E-state index contributed by atoms with van der Waals surface area (Å²) in [7, 11) is 1.57. The zero-order valence-electron chi connectivity index (χ0n) is 9.36. The summed E-state index contributed by atoms with van der Waals surface area (Å²) in [5.74, 6) is 1.08. The fourth-order valence-corrected chi connectivity index (χ4v) is 1.45. The second-order valence-corrected chi connectivity index (χ2v) is 3.82. The van der Waals surface area contributed by atoms with Gasteiger partial charge in [0.1, 0.15) is 12.0 Å². The number of ether oxygens (including phenoxy) is 1. The number of nitrogens with two attached hydrogens (primary N) is 1. The molecule has 0 fully saturated rings. The molecular weight excluding hydrogens is 190 g/mol. The molecule has 1 rings (SSSR count). The summed E-state index contributed by atoms with van der Waals surface area (Å²) >= 11 is 0. The fraction of sp³-hybridized carbons (Fsp3) is 0.417. The molecule has 0 radical (unpaired) electrons. The molecule has 3 heteroatoms. The molecular formula is C12H17NO2. The van der Waals surface area contributed by atoms with Gasteiger partial charge in [-0.15, -0.1) is 0 Å². The first-order valence-corrected chi connectivity index (χ1v) is 4.98. The number of aldehydes is 1. The number of carbonyl (C=O) groups is 1. The molecule has 0 heterocycles. The van der Waals surface area contributed by atoms with E-state index in [9.17, 15) is 4.79 Å². The van der Waals surface area contributed by atoms with Crippen molar-refractivity contribution in [3.8, 4) is 5.75 Å². The minimum Gasteiger partial charge on any atom is -0.496 e. The van der Waals surface area contributed by atoms with Gasteiger partial charge in [-0.2, -0.15) is 0 Å². The molecule has 0 saturated carbocycles. The Kier molecular flexibility index (Phi) is 3.86. The lowest BCUT2D eigenvalue weighted by atomic mass is 9.97. The van der Waals surface area contributed by atoms with Gasteiger partial charge in [0.15, 0.2) is 0 Å². The van der Waals surface area contributed by atoms with E-state index in [1.165, 1.54) is 0 Å². The molecule has 1 aromatic rings. The third-order valence-corrected chi connectivity index (χ3v) is 2.43. The number of benzene rings is 1. The highest BCUT2D eigenvalue weighted by Gasteiger charge is 2.12. The quantitative estimate of drug-likeness (QED) is 0.768. The normalized spacial score (nSPS) is 12.6. The Balaban J connectivity index is 3.18. The summed E-state index contributed by atoms with van der Waals surface area (Å²) in [6.07, 6.45) is 0.724. The largest absolute Gasteiger partial charge is 0.496 e. The topological polar surface area (TPSA) is 52.3 Å².